The summed E-state index contributed by atoms with van der Waals surface area (Å²) < 4.78 is 16.2. The van der Waals surface area contributed by atoms with Crippen LogP contribution in [-0.4, -0.2) is 41.2 Å². The summed E-state index contributed by atoms with van der Waals surface area (Å²) in [6, 6.07) is 8.39. The van der Waals surface area contributed by atoms with Crippen LogP contribution < -0.4 is 5.32 Å². The minimum Gasteiger partial charge on any atom is -0.460 e. The van der Waals surface area contributed by atoms with Gasteiger partial charge in [0, 0.05) is 0 Å². The van der Waals surface area contributed by atoms with Crippen LogP contribution in [0.15, 0.2) is 30.3 Å². The maximum Gasteiger partial charge on any atom is 0.408 e. The Kier molecular flexibility index (Phi) is 8.82. The summed E-state index contributed by atoms with van der Waals surface area (Å²) in [5, 5.41) is 2.53. The molecule has 0 aromatic heterocycles. The molecule has 0 aliphatic rings. The maximum atomic E-state index is 12.7. The van der Waals surface area contributed by atoms with E-state index in [1.54, 1.807) is 48.5 Å². The Balaban J connectivity index is 2.84. The number of nitrogens with one attached hydrogen (secondary N) is 1. The molecule has 7 nitrogen and oxygen atoms in total. The predicted molar refractivity (Wildman–Crippen MR) is 109 cm³/mol. The van der Waals surface area contributed by atoms with Crippen LogP contribution in [0.25, 0.3) is 0 Å². The van der Waals surface area contributed by atoms with Crippen LogP contribution in [0.3, 0.4) is 0 Å². The van der Waals surface area contributed by atoms with E-state index in [4.69, 9.17) is 14.2 Å². The van der Waals surface area contributed by atoms with Gasteiger partial charge in [-0.1, -0.05) is 30.3 Å². The summed E-state index contributed by atoms with van der Waals surface area (Å²) in [5.74, 6) is -1.17. The molecule has 0 heterocycles. The largest absolute Gasteiger partial charge is 0.460 e. The molecule has 29 heavy (non-hydrogen) atoms. The fraction of sp³-hybridized carbons (Fsp3) is 0.591. The number of alkyl carbamates (subject to hydrolysis) is 1. The fourth-order valence-corrected chi connectivity index (χ4v) is 2.42. The molecule has 1 N–H and O–H groups in total. The van der Waals surface area contributed by atoms with E-state index < -0.39 is 47.6 Å². The van der Waals surface area contributed by atoms with Crippen molar-refractivity contribution in [3.05, 3.63) is 35.9 Å². The van der Waals surface area contributed by atoms with Crippen LogP contribution in [0, 0.1) is 0 Å². The van der Waals surface area contributed by atoms with Crippen LogP contribution in [0.1, 0.15) is 60.5 Å². The van der Waals surface area contributed by atoms with E-state index in [9.17, 15) is 14.4 Å². The van der Waals surface area contributed by atoms with E-state index >= 15 is 0 Å². The van der Waals surface area contributed by atoms with Crippen LogP contribution in [0.5, 0.6) is 0 Å². The van der Waals surface area contributed by atoms with E-state index in [-0.39, 0.29) is 6.61 Å². The Labute approximate surface area is 173 Å². The zero-order valence-electron chi connectivity index (χ0n) is 18.4. The van der Waals surface area contributed by atoms with Crippen molar-refractivity contribution < 1.29 is 28.6 Å². The molecule has 1 aromatic rings. The zero-order valence-corrected chi connectivity index (χ0v) is 18.4. The molecule has 0 saturated heterocycles. The molecule has 7 heteroatoms. The fourth-order valence-electron chi connectivity index (χ4n) is 2.42. The number of hydrogen-bond donors (Lipinski definition) is 1. The first-order chi connectivity index (χ1) is 13.3. The summed E-state index contributed by atoms with van der Waals surface area (Å²) in [6.45, 7) is 12.2. The van der Waals surface area contributed by atoms with Crippen LogP contribution >= 0.6 is 0 Å². The molecule has 0 unspecified atom stereocenters. The molecular formula is C22H33NO6. The number of carbonyl (C=O) groups excluding carboxylic acids is 3. The molecule has 0 aliphatic heterocycles. The number of ether oxygens (including phenoxy) is 3. The molecule has 0 radical (unpaired) electrons. The van der Waals surface area contributed by atoms with E-state index in [0.717, 1.165) is 5.56 Å². The van der Waals surface area contributed by atoms with Gasteiger partial charge < -0.3 is 19.5 Å². The van der Waals surface area contributed by atoms with Gasteiger partial charge in [0.25, 0.3) is 0 Å². The highest BCUT2D eigenvalue weighted by molar-refractivity contribution is 6.00. The van der Waals surface area contributed by atoms with Gasteiger partial charge in [-0.05, 0) is 54.0 Å². The van der Waals surface area contributed by atoms with Crippen molar-refractivity contribution in [3.8, 4) is 0 Å². The molecule has 1 aromatic carbocycles. The zero-order chi connectivity index (χ0) is 22.2. The highest BCUT2D eigenvalue weighted by Crippen LogP contribution is 2.13. The summed E-state index contributed by atoms with van der Waals surface area (Å²) in [4.78, 5) is 37.0. The average Bonchev–Trinajstić information content (AvgIpc) is 2.55. The van der Waals surface area contributed by atoms with Gasteiger partial charge in [0.1, 0.15) is 23.7 Å². The van der Waals surface area contributed by atoms with Crippen molar-refractivity contribution in [1.82, 2.24) is 5.32 Å². The minimum atomic E-state index is -1.05. The smallest absolute Gasteiger partial charge is 0.408 e. The lowest BCUT2D eigenvalue weighted by Gasteiger charge is -2.27. The van der Waals surface area contributed by atoms with E-state index in [0.29, 0.717) is 0 Å². The summed E-state index contributed by atoms with van der Waals surface area (Å²) in [6.07, 6.45) is -1.91. The van der Waals surface area contributed by atoms with Gasteiger partial charge in [-0.15, -0.1) is 0 Å². The highest BCUT2D eigenvalue weighted by Gasteiger charge is 2.32. The molecular weight excluding hydrogens is 374 g/mol. The van der Waals surface area contributed by atoms with Gasteiger partial charge in [-0.2, -0.15) is 0 Å². The number of Topliss-reactive ketones (excluding diaryl/α,β-unsaturated/α-hetero) is 1. The molecule has 1 rings (SSSR count). The molecule has 0 bridgehead atoms. The normalized spacial score (nSPS) is 13.9. The predicted octanol–water partition coefficient (Wildman–Crippen LogP) is 3.79. The van der Waals surface area contributed by atoms with Crippen molar-refractivity contribution >= 4 is 17.8 Å². The third-order valence-corrected chi connectivity index (χ3v) is 3.58. The monoisotopic (exact) mass is 407 g/mol. The second-order valence-corrected chi connectivity index (χ2v) is 8.86. The Morgan fingerprint density at radius 1 is 0.931 bits per heavy atom. The first-order valence-corrected chi connectivity index (χ1v) is 9.66. The third-order valence-electron chi connectivity index (χ3n) is 3.58. The van der Waals surface area contributed by atoms with Crippen molar-refractivity contribution in [2.75, 3.05) is 0 Å². The first kappa shape index (κ1) is 24.6. The van der Waals surface area contributed by atoms with E-state index in [1.807, 2.05) is 30.3 Å². The summed E-state index contributed by atoms with van der Waals surface area (Å²) >= 11 is 0. The quantitative estimate of drug-likeness (QED) is 0.521. The van der Waals surface area contributed by atoms with Crippen molar-refractivity contribution in [3.63, 3.8) is 0 Å². The van der Waals surface area contributed by atoms with Gasteiger partial charge in [-0.25, -0.2) is 4.79 Å². The maximum absolute atomic E-state index is 12.7. The Morgan fingerprint density at radius 2 is 1.48 bits per heavy atom. The van der Waals surface area contributed by atoms with E-state index in [1.165, 1.54) is 0 Å². The number of esters is 1. The van der Waals surface area contributed by atoms with Gasteiger partial charge >= 0.3 is 12.1 Å². The molecule has 0 fully saturated rings. The molecule has 162 valence electrons. The Morgan fingerprint density at radius 3 is 2.00 bits per heavy atom. The number of benzene rings is 1. The lowest BCUT2D eigenvalue weighted by molar-refractivity contribution is -0.156. The third kappa shape index (κ3) is 10.6. The summed E-state index contributed by atoms with van der Waals surface area (Å²) in [5.41, 5.74) is -0.507. The van der Waals surface area contributed by atoms with Crippen molar-refractivity contribution in [2.45, 2.75) is 84.8 Å². The first-order valence-electron chi connectivity index (χ1n) is 9.66. The van der Waals surface area contributed by atoms with Crippen LogP contribution in [-0.2, 0) is 30.4 Å². The number of carbonyl (C=O) groups is 3. The SMILES string of the molecule is C[C@@H](OCc1ccccc1)[C@H](NC(=O)OC(C)(C)C)C(=O)CC(=O)OC(C)(C)C. The highest BCUT2D eigenvalue weighted by atomic mass is 16.6. The van der Waals surface area contributed by atoms with Crippen LogP contribution in [0.2, 0.25) is 0 Å². The second-order valence-electron chi connectivity index (χ2n) is 8.86. The number of hydrogen-bond acceptors (Lipinski definition) is 6. The molecule has 2 atom stereocenters. The molecule has 0 aliphatic carbocycles. The van der Waals surface area contributed by atoms with Crippen molar-refractivity contribution in [2.24, 2.45) is 0 Å². The van der Waals surface area contributed by atoms with Crippen molar-refractivity contribution in [1.29, 1.82) is 0 Å². The molecule has 0 saturated carbocycles. The minimum absolute atomic E-state index is 0.258. The van der Waals surface area contributed by atoms with Gasteiger partial charge in [0.2, 0.25) is 0 Å². The van der Waals surface area contributed by atoms with E-state index in [2.05, 4.69) is 5.32 Å². The van der Waals surface area contributed by atoms with Gasteiger partial charge in [0.15, 0.2) is 5.78 Å². The number of ketones is 1. The standard InChI is InChI=1S/C22H33NO6/c1-15(27-14-16-11-9-8-10-12-16)19(23-20(26)29-22(5,6)7)17(24)13-18(25)28-21(2,3)4/h8-12,15,19H,13-14H2,1-7H3,(H,23,26)/t15-,19+/m1/s1. The second kappa shape index (κ2) is 10.4. The van der Waals surface area contributed by atoms with Gasteiger partial charge in [0.05, 0.1) is 12.7 Å². The topological polar surface area (TPSA) is 90.9 Å². The lowest BCUT2D eigenvalue weighted by Crippen LogP contribution is -2.50. The number of amides is 1. The summed E-state index contributed by atoms with van der Waals surface area (Å²) in [7, 11) is 0. The Bertz CT molecular complexity index is 687. The number of rotatable bonds is 8. The average molecular weight is 408 g/mol. The molecule has 0 spiro atoms. The Hall–Kier alpha value is -2.41. The van der Waals surface area contributed by atoms with Crippen LogP contribution in [0.4, 0.5) is 4.79 Å². The van der Waals surface area contributed by atoms with Gasteiger partial charge in [-0.3, -0.25) is 9.59 Å². The molecule has 1 amide bonds. The lowest BCUT2D eigenvalue weighted by atomic mass is 10.0.